The average molecular weight is 477 g/mol. The van der Waals surface area contributed by atoms with Crippen LogP contribution in [0, 0.1) is 13.8 Å². The lowest BCUT2D eigenvalue weighted by Crippen LogP contribution is -2.51. The van der Waals surface area contributed by atoms with Crippen LogP contribution in [0.2, 0.25) is 5.02 Å². The van der Waals surface area contributed by atoms with Crippen molar-refractivity contribution in [2.75, 3.05) is 6.54 Å². The van der Waals surface area contributed by atoms with Crippen molar-refractivity contribution >= 4 is 23.4 Å². The van der Waals surface area contributed by atoms with Crippen LogP contribution >= 0.6 is 11.6 Å². The second kappa shape index (κ2) is 12.4. The average Bonchev–Trinajstić information content (AvgIpc) is 2.82. The summed E-state index contributed by atoms with van der Waals surface area (Å²) in [6, 6.07) is 22.7. The first kappa shape index (κ1) is 25.5. The van der Waals surface area contributed by atoms with Gasteiger partial charge in [-0.05, 0) is 60.2 Å². The topological polar surface area (TPSA) is 49.4 Å². The fourth-order valence-electron chi connectivity index (χ4n) is 3.94. The Kier molecular flexibility index (Phi) is 9.29. The highest BCUT2D eigenvalue weighted by Crippen LogP contribution is 2.19. The van der Waals surface area contributed by atoms with E-state index >= 15 is 0 Å². The Balaban J connectivity index is 1.96. The molecule has 3 aromatic rings. The highest BCUT2D eigenvalue weighted by atomic mass is 35.5. The van der Waals surface area contributed by atoms with Crippen LogP contribution < -0.4 is 5.32 Å². The number of aryl methyl sites for hydroxylation is 2. The Morgan fingerprint density at radius 3 is 2.29 bits per heavy atom. The zero-order chi connectivity index (χ0) is 24.5. The zero-order valence-corrected chi connectivity index (χ0v) is 20.9. The van der Waals surface area contributed by atoms with Crippen LogP contribution in [0.25, 0.3) is 0 Å². The van der Waals surface area contributed by atoms with E-state index in [-0.39, 0.29) is 18.2 Å². The molecule has 0 heterocycles. The first-order valence-electron chi connectivity index (χ1n) is 11.8. The van der Waals surface area contributed by atoms with Crippen molar-refractivity contribution in [1.29, 1.82) is 0 Å². The molecule has 0 aliphatic carbocycles. The van der Waals surface area contributed by atoms with Crippen LogP contribution in [-0.4, -0.2) is 29.3 Å². The van der Waals surface area contributed by atoms with Crippen LogP contribution in [0.4, 0.5) is 0 Å². The number of hydrogen-bond donors (Lipinski definition) is 1. The van der Waals surface area contributed by atoms with E-state index in [1.807, 2.05) is 86.6 Å². The van der Waals surface area contributed by atoms with Crippen molar-refractivity contribution in [3.63, 3.8) is 0 Å². The molecule has 34 heavy (non-hydrogen) atoms. The minimum Gasteiger partial charge on any atom is -0.354 e. The third-order valence-electron chi connectivity index (χ3n) is 5.99. The molecular formula is C29H33ClN2O2. The van der Waals surface area contributed by atoms with Crippen molar-refractivity contribution in [2.45, 2.75) is 52.6 Å². The summed E-state index contributed by atoms with van der Waals surface area (Å²) in [6.07, 6.45) is 1.50. The summed E-state index contributed by atoms with van der Waals surface area (Å²) in [7, 11) is 0. The number of hydrogen-bond acceptors (Lipinski definition) is 2. The summed E-state index contributed by atoms with van der Waals surface area (Å²) < 4.78 is 0. The number of nitrogens with zero attached hydrogens (tertiary/aromatic N) is 1. The number of nitrogens with one attached hydrogen (secondary N) is 1. The van der Waals surface area contributed by atoms with Crippen molar-refractivity contribution in [3.8, 4) is 0 Å². The molecule has 0 fully saturated rings. The molecule has 0 unspecified atom stereocenters. The van der Waals surface area contributed by atoms with Gasteiger partial charge in [-0.3, -0.25) is 9.59 Å². The lowest BCUT2D eigenvalue weighted by atomic mass is 10.00. The van der Waals surface area contributed by atoms with E-state index in [0.717, 1.165) is 28.7 Å². The van der Waals surface area contributed by atoms with Crippen LogP contribution in [-0.2, 0) is 29.0 Å². The van der Waals surface area contributed by atoms with Gasteiger partial charge in [-0.2, -0.15) is 0 Å². The smallest absolute Gasteiger partial charge is 0.243 e. The molecule has 3 aromatic carbocycles. The molecule has 3 rings (SSSR count). The van der Waals surface area contributed by atoms with E-state index in [1.165, 1.54) is 5.56 Å². The second-order valence-corrected chi connectivity index (χ2v) is 9.18. The Hall–Kier alpha value is -3.11. The van der Waals surface area contributed by atoms with E-state index < -0.39 is 6.04 Å². The summed E-state index contributed by atoms with van der Waals surface area (Å²) in [5.74, 6) is -0.225. The van der Waals surface area contributed by atoms with Gasteiger partial charge in [0.05, 0.1) is 6.42 Å². The minimum atomic E-state index is -0.632. The Labute approximate surface area is 207 Å². The van der Waals surface area contributed by atoms with Gasteiger partial charge in [-0.1, -0.05) is 79.2 Å². The third kappa shape index (κ3) is 7.19. The maximum atomic E-state index is 13.7. The predicted molar refractivity (Wildman–Crippen MR) is 139 cm³/mol. The first-order chi connectivity index (χ1) is 16.4. The Morgan fingerprint density at radius 2 is 1.62 bits per heavy atom. The van der Waals surface area contributed by atoms with Crippen molar-refractivity contribution in [2.24, 2.45) is 0 Å². The second-order valence-electron chi connectivity index (χ2n) is 8.74. The molecule has 5 heteroatoms. The molecular weight excluding hydrogens is 444 g/mol. The SMILES string of the molecule is CCCNC(=O)[C@H](Cc1ccccc1)N(Cc1cccc(Cl)c1)C(=O)Cc1ccc(C)c(C)c1. The molecule has 0 bridgehead atoms. The third-order valence-corrected chi connectivity index (χ3v) is 6.22. The predicted octanol–water partition coefficient (Wildman–Crippen LogP) is 5.67. The van der Waals surface area contributed by atoms with Gasteiger partial charge in [0.25, 0.3) is 0 Å². The van der Waals surface area contributed by atoms with E-state index in [2.05, 4.69) is 12.2 Å². The number of amides is 2. The molecule has 0 saturated carbocycles. The van der Waals surface area contributed by atoms with Gasteiger partial charge < -0.3 is 10.2 Å². The van der Waals surface area contributed by atoms with Gasteiger partial charge in [0.15, 0.2) is 0 Å². The summed E-state index contributed by atoms with van der Waals surface area (Å²) >= 11 is 6.23. The number of rotatable bonds is 10. The van der Waals surface area contributed by atoms with E-state index in [4.69, 9.17) is 11.6 Å². The highest BCUT2D eigenvalue weighted by molar-refractivity contribution is 6.30. The largest absolute Gasteiger partial charge is 0.354 e. The fraction of sp³-hybridized carbons (Fsp3) is 0.310. The molecule has 4 nitrogen and oxygen atoms in total. The molecule has 0 saturated heterocycles. The highest BCUT2D eigenvalue weighted by Gasteiger charge is 2.30. The minimum absolute atomic E-state index is 0.0872. The molecule has 178 valence electrons. The van der Waals surface area contributed by atoms with Crippen LogP contribution in [0.1, 0.15) is 41.2 Å². The van der Waals surface area contributed by atoms with E-state index in [0.29, 0.717) is 24.5 Å². The number of carbonyl (C=O) groups is 2. The van der Waals surface area contributed by atoms with Gasteiger partial charge >= 0.3 is 0 Å². The van der Waals surface area contributed by atoms with Crippen molar-refractivity contribution in [1.82, 2.24) is 10.2 Å². The van der Waals surface area contributed by atoms with Crippen molar-refractivity contribution in [3.05, 3.63) is 106 Å². The maximum absolute atomic E-state index is 13.7. The van der Waals surface area contributed by atoms with Crippen LogP contribution in [0.3, 0.4) is 0 Å². The molecule has 0 aliphatic heterocycles. The number of benzene rings is 3. The maximum Gasteiger partial charge on any atom is 0.243 e. The van der Waals surface area contributed by atoms with Crippen LogP contribution in [0.15, 0.2) is 72.8 Å². The van der Waals surface area contributed by atoms with Gasteiger partial charge in [-0.15, -0.1) is 0 Å². The molecule has 2 amide bonds. The fourth-order valence-corrected chi connectivity index (χ4v) is 4.15. The monoisotopic (exact) mass is 476 g/mol. The quantitative estimate of drug-likeness (QED) is 0.410. The summed E-state index contributed by atoms with van der Waals surface area (Å²) in [5.41, 5.74) is 5.18. The van der Waals surface area contributed by atoms with Crippen LogP contribution in [0.5, 0.6) is 0 Å². The van der Waals surface area contributed by atoms with Crippen molar-refractivity contribution < 1.29 is 9.59 Å². The summed E-state index contributed by atoms with van der Waals surface area (Å²) in [5, 5.41) is 3.61. The molecule has 1 N–H and O–H groups in total. The molecule has 0 spiro atoms. The molecule has 0 radical (unpaired) electrons. The van der Waals surface area contributed by atoms with Gasteiger partial charge in [-0.25, -0.2) is 0 Å². The zero-order valence-electron chi connectivity index (χ0n) is 20.2. The Bertz CT molecular complexity index is 1110. The van der Waals surface area contributed by atoms with E-state index in [1.54, 1.807) is 4.90 Å². The normalized spacial score (nSPS) is 11.6. The lowest BCUT2D eigenvalue weighted by Gasteiger charge is -2.32. The summed E-state index contributed by atoms with van der Waals surface area (Å²) in [6.45, 7) is 6.99. The Morgan fingerprint density at radius 1 is 0.882 bits per heavy atom. The number of carbonyl (C=O) groups excluding carboxylic acids is 2. The van der Waals surface area contributed by atoms with E-state index in [9.17, 15) is 9.59 Å². The molecule has 0 aromatic heterocycles. The van der Waals surface area contributed by atoms with Gasteiger partial charge in [0, 0.05) is 24.5 Å². The lowest BCUT2D eigenvalue weighted by molar-refractivity contribution is -0.140. The van der Waals surface area contributed by atoms with Gasteiger partial charge in [0.2, 0.25) is 11.8 Å². The van der Waals surface area contributed by atoms with Gasteiger partial charge in [0.1, 0.15) is 6.04 Å². The molecule has 0 aliphatic rings. The molecule has 1 atom stereocenters. The standard InChI is InChI=1S/C29H33ClN2O2/c1-4-15-31-29(34)27(18-23-9-6-5-7-10-23)32(20-25-11-8-12-26(30)17-25)28(33)19-24-14-13-21(2)22(3)16-24/h5-14,16-17,27H,4,15,18-20H2,1-3H3,(H,31,34)/t27-/m0/s1. The summed E-state index contributed by atoms with van der Waals surface area (Å²) in [4.78, 5) is 28.8. The number of halogens is 1. The first-order valence-corrected chi connectivity index (χ1v) is 12.2.